The van der Waals surface area contributed by atoms with E-state index in [4.69, 9.17) is 34.8 Å². The zero-order chi connectivity index (χ0) is 10.1. The average Bonchev–Trinajstić information content (AvgIpc) is 2.16. The number of benzene rings is 1. The number of rotatable bonds is 1. The van der Waals surface area contributed by atoms with Gasteiger partial charge in [-0.2, -0.15) is 0 Å². The molecule has 0 aliphatic carbocycles. The summed E-state index contributed by atoms with van der Waals surface area (Å²) >= 11 is 17.2. The SMILES string of the molecule is Clc1nc2ccccc2nc1C(Cl)Cl. The molecule has 14 heavy (non-hydrogen) atoms. The topological polar surface area (TPSA) is 25.8 Å². The van der Waals surface area contributed by atoms with Gasteiger partial charge in [0.1, 0.15) is 5.69 Å². The van der Waals surface area contributed by atoms with E-state index in [1.165, 1.54) is 0 Å². The van der Waals surface area contributed by atoms with Crippen LogP contribution in [0.5, 0.6) is 0 Å². The molecule has 0 fully saturated rings. The first-order valence-corrected chi connectivity index (χ1v) is 5.14. The number of nitrogens with zero attached hydrogens (tertiary/aromatic N) is 2. The van der Waals surface area contributed by atoms with Crippen LogP contribution in [-0.2, 0) is 0 Å². The Bertz CT molecular complexity index is 471. The standard InChI is InChI=1S/C9H5Cl3N2/c10-8(11)7-9(12)14-6-4-2-1-3-5(6)13-7/h1-4,8H. The van der Waals surface area contributed by atoms with Crippen LogP contribution in [-0.4, -0.2) is 9.97 Å². The predicted octanol–water partition coefficient (Wildman–Crippen LogP) is 3.76. The smallest absolute Gasteiger partial charge is 0.154 e. The van der Waals surface area contributed by atoms with Crippen molar-refractivity contribution in [2.24, 2.45) is 0 Å². The van der Waals surface area contributed by atoms with Crippen LogP contribution < -0.4 is 0 Å². The van der Waals surface area contributed by atoms with Crippen molar-refractivity contribution in [2.75, 3.05) is 0 Å². The van der Waals surface area contributed by atoms with Gasteiger partial charge in [0.15, 0.2) is 9.99 Å². The summed E-state index contributed by atoms with van der Waals surface area (Å²) in [6.45, 7) is 0. The number of halogens is 3. The highest BCUT2D eigenvalue weighted by Gasteiger charge is 2.12. The van der Waals surface area contributed by atoms with Crippen molar-refractivity contribution in [1.82, 2.24) is 9.97 Å². The number of alkyl halides is 2. The van der Waals surface area contributed by atoms with Gasteiger partial charge >= 0.3 is 0 Å². The molecule has 0 aliphatic rings. The number of aromatic nitrogens is 2. The fourth-order valence-corrected chi connectivity index (χ4v) is 1.79. The molecule has 0 N–H and O–H groups in total. The molecule has 2 nitrogen and oxygen atoms in total. The van der Waals surface area contributed by atoms with Crippen LogP contribution in [0.25, 0.3) is 11.0 Å². The number of para-hydroxylation sites is 2. The third-order valence-electron chi connectivity index (χ3n) is 1.76. The largest absolute Gasteiger partial charge is 0.245 e. The minimum absolute atomic E-state index is 0.249. The van der Waals surface area contributed by atoms with E-state index >= 15 is 0 Å². The summed E-state index contributed by atoms with van der Waals surface area (Å²) in [6.07, 6.45) is 0. The molecule has 0 saturated carbocycles. The lowest BCUT2D eigenvalue weighted by Gasteiger charge is -2.04. The quantitative estimate of drug-likeness (QED) is 0.717. The molecule has 2 rings (SSSR count). The van der Waals surface area contributed by atoms with Gasteiger partial charge in [0, 0.05) is 0 Å². The molecule has 1 aromatic heterocycles. The summed E-state index contributed by atoms with van der Waals surface area (Å²) in [5.41, 5.74) is 1.86. The fourth-order valence-electron chi connectivity index (χ4n) is 1.13. The third-order valence-corrected chi connectivity index (χ3v) is 2.45. The van der Waals surface area contributed by atoms with Gasteiger partial charge in [0.2, 0.25) is 0 Å². The first kappa shape index (κ1) is 9.97. The summed E-state index contributed by atoms with van der Waals surface area (Å²) in [5.74, 6) is 0. The molecular weight excluding hydrogens is 242 g/mol. The van der Waals surface area contributed by atoms with Crippen LogP contribution in [0.3, 0.4) is 0 Å². The Morgan fingerprint density at radius 2 is 1.57 bits per heavy atom. The Morgan fingerprint density at radius 3 is 2.14 bits per heavy atom. The van der Waals surface area contributed by atoms with Gasteiger partial charge in [-0.25, -0.2) is 9.97 Å². The molecule has 2 aromatic rings. The van der Waals surface area contributed by atoms with Crippen molar-refractivity contribution in [1.29, 1.82) is 0 Å². The van der Waals surface area contributed by atoms with E-state index in [2.05, 4.69) is 9.97 Å². The molecule has 0 bridgehead atoms. The van der Waals surface area contributed by atoms with Gasteiger partial charge in [-0.3, -0.25) is 0 Å². The lowest BCUT2D eigenvalue weighted by Crippen LogP contribution is -1.94. The first-order chi connectivity index (χ1) is 6.68. The molecule has 1 heterocycles. The molecule has 0 spiro atoms. The minimum Gasteiger partial charge on any atom is -0.245 e. The average molecular weight is 248 g/mol. The summed E-state index contributed by atoms with van der Waals surface area (Å²) in [4.78, 5) is 7.60. The van der Waals surface area contributed by atoms with E-state index in [1.807, 2.05) is 24.3 Å². The van der Waals surface area contributed by atoms with Gasteiger partial charge in [-0.05, 0) is 12.1 Å². The molecule has 0 atom stereocenters. The minimum atomic E-state index is -0.750. The molecule has 5 heteroatoms. The molecule has 0 aliphatic heterocycles. The predicted molar refractivity (Wildman–Crippen MR) is 59.0 cm³/mol. The molecular formula is C9H5Cl3N2. The van der Waals surface area contributed by atoms with Crippen molar-refractivity contribution < 1.29 is 0 Å². The molecule has 72 valence electrons. The Balaban J connectivity index is 2.71. The maximum absolute atomic E-state index is 5.86. The van der Waals surface area contributed by atoms with Crippen LogP contribution in [0.2, 0.25) is 5.15 Å². The van der Waals surface area contributed by atoms with Gasteiger partial charge in [-0.15, -0.1) is 0 Å². The van der Waals surface area contributed by atoms with Crippen molar-refractivity contribution >= 4 is 45.8 Å². The maximum atomic E-state index is 5.86. The van der Waals surface area contributed by atoms with E-state index in [9.17, 15) is 0 Å². The monoisotopic (exact) mass is 246 g/mol. The van der Waals surface area contributed by atoms with Crippen LogP contribution in [0.4, 0.5) is 0 Å². The molecule has 0 unspecified atom stereocenters. The van der Waals surface area contributed by atoms with Gasteiger partial charge < -0.3 is 0 Å². The summed E-state index contributed by atoms with van der Waals surface area (Å²) in [5, 5.41) is 0.249. The molecule has 0 saturated heterocycles. The first-order valence-electron chi connectivity index (χ1n) is 3.89. The Morgan fingerprint density at radius 1 is 1.00 bits per heavy atom. The van der Waals surface area contributed by atoms with E-state index in [-0.39, 0.29) is 5.15 Å². The van der Waals surface area contributed by atoms with Gasteiger partial charge in [0.05, 0.1) is 11.0 Å². The molecule has 0 amide bonds. The van der Waals surface area contributed by atoms with E-state index in [0.717, 1.165) is 11.0 Å². The van der Waals surface area contributed by atoms with Crippen LogP contribution in [0, 0.1) is 0 Å². The fraction of sp³-hybridized carbons (Fsp3) is 0.111. The second kappa shape index (κ2) is 3.89. The van der Waals surface area contributed by atoms with E-state index < -0.39 is 4.84 Å². The number of hydrogen-bond acceptors (Lipinski definition) is 2. The Kier molecular flexibility index (Phi) is 2.77. The maximum Gasteiger partial charge on any atom is 0.154 e. The van der Waals surface area contributed by atoms with Crippen LogP contribution >= 0.6 is 34.8 Å². The molecule has 0 radical (unpaired) electrons. The lowest BCUT2D eigenvalue weighted by molar-refractivity contribution is 1.13. The lowest BCUT2D eigenvalue weighted by atomic mass is 10.3. The Hall–Kier alpha value is -0.570. The summed E-state index contributed by atoms with van der Waals surface area (Å²) in [7, 11) is 0. The second-order valence-electron chi connectivity index (χ2n) is 2.69. The van der Waals surface area contributed by atoms with Gasteiger partial charge in [-0.1, -0.05) is 46.9 Å². The van der Waals surface area contributed by atoms with Crippen molar-refractivity contribution in [3.63, 3.8) is 0 Å². The number of hydrogen-bond donors (Lipinski definition) is 0. The normalized spacial score (nSPS) is 11.1. The van der Waals surface area contributed by atoms with E-state index in [0.29, 0.717) is 5.69 Å². The van der Waals surface area contributed by atoms with Crippen molar-refractivity contribution in [3.05, 3.63) is 35.1 Å². The highest BCUT2D eigenvalue weighted by molar-refractivity contribution is 6.45. The summed E-state index contributed by atoms with van der Waals surface area (Å²) in [6, 6.07) is 7.39. The highest BCUT2D eigenvalue weighted by atomic mass is 35.5. The van der Waals surface area contributed by atoms with Gasteiger partial charge in [0.25, 0.3) is 0 Å². The van der Waals surface area contributed by atoms with Crippen molar-refractivity contribution in [2.45, 2.75) is 4.84 Å². The third kappa shape index (κ3) is 1.78. The second-order valence-corrected chi connectivity index (χ2v) is 4.14. The zero-order valence-corrected chi connectivity index (χ0v) is 9.18. The zero-order valence-electron chi connectivity index (χ0n) is 6.92. The summed E-state index contributed by atoms with van der Waals surface area (Å²) < 4.78 is 0. The molecule has 1 aromatic carbocycles. The number of fused-ring (bicyclic) bond motifs is 1. The highest BCUT2D eigenvalue weighted by Crippen LogP contribution is 2.29. The van der Waals surface area contributed by atoms with Crippen molar-refractivity contribution in [3.8, 4) is 0 Å². The van der Waals surface area contributed by atoms with E-state index in [1.54, 1.807) is 0 Å². The Labute approximate surface area is 95.8 Å². The van der Waals surface area contributed by atoms with Crippen LogP contribution in [0.15, 0.2) is 24.3 Å². The van der Waals surface area contributed by atoms with Crippen LogP contribution in [0.1, 0.15) is 10.5 Å².